The largest absolute Gasteiger partial charge is 0.493 e. The number of carbonyl (C=O) groups excluding carboxylic acids is 1. The van der Waals surface area contributed by atoms with Crippen molar-refractivity contribution in [2.45, 2.75) is 20.3 Å². The van der Waals surface area contributed by atoms with Gasteiger partial charge in [-0.05, 0) is 55.3 Å². The number of hydrogen-bond donors (Lipinski definition) is 1. The summed E-state index contributed by atoms with van der Waals surface area (Å²) in [6.45, 7) is 4.66. The summed E-state index contributed by atoms with van der Waals surface area (Å²) in [4.78, 5) is 16.4. The number of para-hydroxylation sites is 1. The van der Waals surface area contributed by atoms with E-state index in [1.54, 1.807) is 7.05 Å². The number of likely N-dealkylation sites (N-methyl/N-ethyl adjacent to an activating group) is 1. The van der Waals surface area contributed by atoms with Crippen molar-refractivity contribution in [2.75, 3.05) is 13.7 Å². The molecule has 4 heteroatoms. The molecule has 0 atom stereocenters. The maximum atomic E-state index is 11.6. The first kappa shape index (κ1) is 17.0. The highest BCUT2D eigenvalue weighted by Gasteiger charge is 2.11. The summed E-state index contributed by atoms with van der Waals surface area (Å²) >= 11 is 0. The van der Waals surface area contributed by atoms with E-state index in [9.17, 15) is 4.79 Å². The van der Waals surface area contributed by atoms with E-state index in [1.165, 1.54) is 0 Å². The zero-order valence-electron chi connectivity index (χ0n) is 14.8. The second kappa shape index (κ2) is 7.34. The van der Waals surface area contributed by atoms with E-state index in [4.69, 9.17) is 9.72 Å². The van der Waals surface area contributed by atoms with Crippen molar-refractivity contribution in [3.05, 3.63) is 59.7 Å². The number of aryl methyl sites for hydroxylation is 1. The Hall–Kier alpha value is -2.88. The first-order valence-corrected chi connectivity index (χ1v) is 8.45. The van der Waals surface area contributed by atoms with E-state index in [0.717, 1.165) is 39.0 Å². The molecule has 1 N–H and O–H groups in total. The number of fused-ring (bicyclic) bond motifs is 1. The van der Waals surface area contributed by atoms with Gasteiger partial charge in [0, 0.05) is 18.0 Å². The minimum absolute atomic E-state index is 0.00669. The van der Waals surface area contributed by atoms with Gasteiger partial charge in [-0.3, -0.25) is 4.79 Å². The van der Waals surface area contributed by atoms with Crippen LogP contribution in [0.1, 0.15) is 18.1 Å². The molecule has 2 aromatic carbocycles. The zero-order chi connectivity index (χ0) is 17.8. The molecule has 25 heavy (non-hydrogen) atoms. The Bertz CT molecular complexity index is 919. The number of ether oxygens (including phenoxy) is 1. The summed E-state index contributed by atoms with van der Waals surface area (Å²) in [6, 6.07) is 16.0. The molecule has 1 aromatic heterocycles. The highest BCUT2D eigenvalue weighted by atomic mass is 16.5. The number of benzene rings is 2. The number of nitrogens with one attached hydrogen (secondary N) is 1. The van der Waals surface area contributed by atoms with Crippen LogP contribution in [0, 0.1) is 6.92 Å². The molecule has 0 bridgehead atoms. The lowest BCUT2D eigenvalue weighted by Crippen LogP contribution is -2.19. The standard InChI is InChI=1S/C21H22N2O2/c1-4-25-20-8-6-5-7-16(20)19-11-14(2)17-12-15(13-21(24)22-3)9-10-18(17)23-19/h5-12H,4,13H2,1-3H3,(H,22,24). The molecule has 0 radical (unpaired) electrons. The third-order valence-electron chi connectivity index (χ3n) is 4.19. The first-order valence-electron chi connectivity index (χ1n) is 8.45. The molecule has 1 amide bonds. The van der Waals surface area contributed by atoms with Crippen molar-refractivity contribution in [3.8, 4) is 17.0 Å². The van der Waals surface area contributed by atoms with Gasteiger partial charge >= 0.3 is 0 Å². The maximum Gasteiger partial charge on any atom is 0.224 e. The van der Waals surface area contributed by atoms with E-state index in [2.05, 4.69) is 18.3 Å². The van der Waals surface area contributed by atoms with Crippen molar-refractivity contribution >= 4 is 16.8 Å². The second-order valence-corrected chi connectivity index (χ2v) is 5.96. The van der Waals surface area contributed by atoms with Crippen LogP contribution in [0.2, 0.25) is 0 Å². The van der Waals surface area contributed by atoms with E-state index in [0.29, 0.717) is 13.0 Å². The number of pyridine rings is 1. The van der Waals surface area contributed by atoms with Gasteiger partial charge in [0.2, 0.25) is 5.91 Å². The lowest BCUT2D eigenvalue weighted by atomic mass is 10.0. The molecule has 0 saturated heterocycles. The van der Waals surface area contributed by atoms with Crippen molar-refractivity contribution in [2.24, 2.45) is 0 Å². The Labute approximate surface area is 147 Å². The minimum Gasteiger partial charge on any atom is -0.493 e. The van der Waals surface area contributed by atoms with E-state index < -0.39 is 0 Å². The fourth-order valence-corrected chi connectivity index (χ4v) is 2.92. The number of nitrogens with zero attached hydrogens (tertiary/aromatic N) is 1. The van der Waals surface area contributed by atoms with E-state index in [1.807, 2.05) is 49.4 Å². The lowest BCUT2D eigenvalue weighted by Gasteiger charge is -2.12. The van der Waals surface area contributed by atoms with Gasteiger partial charge < -0.3 is 10.1 Å². The number of aromatic nitrogens is 1. The van der Waals surface area contributed by atoms with Crippen molar-refractivity contribution < 1.29 is 9.53 Å². The fourth-order valence-electron chi connectivity index (χ4n) is 2.92. The highest BCUT2D eigenvalue weighted by molar-refractivity contribution is 5.87. The molecule has 0 spiro atoms. The summed E-state index contributed by atoms with van der Waals surface area (Å²) < 4.78 is 5.73. The van der Waals surface area contributed by atoms with E-state index >= 15 is 0 Å². The molecule has 1 heterocycles. The normalized spacial score (nSPS) is 10.7. The van der Waals surface area contributed by atoms with Crippen LogP contribution < -0.4 is 10.1 Å². The Morgan fingerprint density at radius 1 is 1.16 bits per heavy atom. The molecule has 0 aliphatic rings. The van der Waals surface area contributed by atoms with Crippen LogP contribution in [-0.4, -0.2) is 24.5 Å². The Morgan fingerprint density at radius 2 is 1.96 bits per heavy atom. The van der Waals surface area contributed by atoms with Gasteiger partial charge in [0.25, 0.3) is 0 Å². The molecule has 0 aliphatic carbocycles. The summed E-state index contributed by atoms with van der Waals surface area (Å²) in [7, 11) is 1.65. The van der Waals surface area contributed by atoms with Crippen LogP contribution in [0.15, 0.2) is 48.5 Å². The Morgan fingerprint density at radius 3 is 2.72 bits per heavy atom. The van der Waals surface area contributed by atoms with Gasteiger partial charge in [-0.1, -0.05) is 18.2 Å². The van der Waals surface area contributed by atoms with Gasteiger partial charge in [-0.25, -0.2) is 4.98 Å². The third-order valence-corrected chi connectivity index (χ3v) is 4.19. The van der Waals surface area contributed by atoms with Crippen LogP contribution >= 0.6 is 0 Å². The van der Waals surface area contributed by atoms with Crippen molar-refractivity contribution in [3.63, 3.8) is 0 Å². The molecule has 0 aliphatic heterocycles. The highest BCUT2D eigenvalue weighted by Crippen LogP contribution is 2.31. The summed E-state index contributed by atoms with van der Waals surface area (Å²) in [5.74, 6) is 0.847. The second-order valence-electron chi connectivity index (χ2n) is 5.96. The average molecular weight is 334 g/mol. The minimum atomic E-state index is 0.00669. The van der Waals surface area contributed by atoms with Gasteiger partial charge in [0.1, 0.15) is 5.75 Å². The van der Waals surface area contributed by atoms with Crippen molar-refractivity contribution in [1.29, 1.82) is 0 Å². The molecule has 4 nitrogen and oxygen atoms in total. The lowest BCUT2D eigenvalue weighted by molar-refractivity contribution is -0.119. The number of carbonyl (C=O) groups is 1. The smallest absolute Gasteiger partial charge is 0.224 e. The predicted octanol–water partition coefficient (Wildman–Crippen LogP) is 3.90. The average Bonchev–Trinajstić information content (AvgIpc) is 2.62. The quantitative estimate of drug-likeness (QED) is 0.770. The molecule has 0 saturated carbocycles. The summed E-state index contributed by atoms with van der Waals surface area (Å²) in [5, 5.41) is 3.73. The van der Waals surface area contributed by atoms with Crippen molar-refractivity contribution in [1.82, 2.24) is 10.3 Å². The van der Waals surface area contributed by atoms with Gasteiger partial charge in [-0.15, -0.1) is 0 Å². The fraction of sp³-hybridized carbons (Fsp3) is 0.238. The maximum absolute atomic E-state index is 11.6. The van der Waals surface area contributed by atoms with Crippen LogP contribution in [0.25, 0.3) is 22.2 Å². The van der Waals surface area contributed by atoms with Crippen LogP contribution in [-0.2, 0) is 11.2 Å². The molecule has 3 rings (SSSR count). The van der Waals surface area contributed by atoms with Crippen LogP contribution in [0.4, 0.5) is 0 Å². The molecule has 3 aromatic rings. The third kappa shape index (κ3) is 3.63. The SMILES string of the molecule is CCOc1ccccc1-c1cc(C)c2cc(CC(=O)NC)ccc2n1. The van der Waals surface area contributed by atoms with Gasteiger partial charge in [0.15, 0.2) is 0 Å². The Balaban J connectivity index is 2.06. The molecular weight excluding hydrogens is 312 g/mol. The molecule has 0 fully saturated rings. The van der Waals surface area contributed by atoms with Crippen LogP contribution in [0.5, 0.6) is 5.75 Å². The summed E-state index contributed by atoms with van der Waals surface area (Å²) in [6.07, 6.45) is 0.376. The topological polar surface area (TPSA) is 51.2 Å². The number of amides is 1. The molecule has 0 unspecified atom stereocenters. The predicted molar refractivity (Wildman–Crippen MR) is 101 cm³/mol. The Kier molecular flexibility index (Phi) is 4.98. The molecular formula is C21H22N2O2. The zero-order valence-corrected chi connectivity index (χ0v) is 14.8. The molecule has 128 valence electrons. The van der Waals surface area contributed by atoms with Crippen LogP contribution in [0.3, 0.4) is 0 Å². The monoisotopic (exact) mass is 334 g/mol. The van der Waals surface area contributed by atoms with E-state index in [-0.39, 0.29) is 5.91 Å². The number of hydrogen-bond acceptors (Lipinski definition) is 3. The summed E-state index contributed by atoms with van der Waals surface area (Å²) in [5.41, 5.74) is 4.92. The first-order chi connectivity index (χ1) is 12.1. The number of rotatable bonds is 5. The van der Waals surface area contributed by atoms with Gasteiger partial charge in [0.05, 0.1) is 24.2 Å². The van der Waals surface area contributed by atoms with Gasteiger partial charge in [-0.2, -0.15) is 0 Å².